The van der Waals surface area contributed by atoms with E-state index >= 15 is 0 Å². The van der Waals surface area contributed by atoms with Crippen molar-refractivity contribution in [2.75, 3.05) is 6.54 Å². The molecule has 0 bridgehead atoms. The van der Waals surface area contributed by atoms with Gasteiger partial charge in [0, 0.05) is 49.5 Å². The lowest BCUT2D eigenvalue weighted by atomic mass is 9.75. The zero-order chi connectivity index (χ0) is 40.4. The number of piperidine rings is 1. The van der Waals surface area contributed by atoms with Gasteiger partial charge in [-0.1, -0.05) is 92.1 Å². The number of hydroxylamine groups is 1. The zero-order valence-corrected chi connectivity index (χ0v) is 33.9. The Morgan fingerprint density at radius 2 is 1.51 bits per heavy atom. The van der Waals surface area contributed by atoms with Gasteiger partial charge in [-0.15, -0.1) is 0 Å². The Balaban J connectivity index is 1.18. The van der Waals surface area contributed by atoms with Gasteiger partial charge in [0.1, 0.15) is 0 Å². The largest absolute Gasteiger partial charge is 0.392 e. The molecule has 6 unspecified atom stereocenters. The van der Waals surface area contributed by atoms with Crippen LogP contribution in [0, 0.1) is 5.92 Å². The van der Waals surface area contributed by atoms with E-state index in [2.05, 4.69) is 45.9 Å². The van der Waals surface area contributed by atoms with E-state index in [1.807, 2.05) is 63.2 Å². The Kier molecular flexibility index (Phi) is 14.9. The standard InChI is InChI=1S/C46H62N4O7/c1-46(2,3)48-44(54)40-26-25-33-11-8-10-14-39(33)50(40)29-37-27-41(34-19-17-31(30-51)18-20-34)57-45(56-37)35-23-21-32(22-24-35)38-13-9-7-12-36(38)28-47-42(52)15-5-4-6-16-43(53)49-55/h7,9,12-13,17-24,33,37,39-41,45,51,55H,4-6,8,10-11,14-16,25-30H2,1-3H3,(H,47,52)(H,48,54)(H,49,53). The van der Waals surface area contributed by atoms with Gasteiger partial charge >= 0.3 is 0 Å². The van der Waals surface area contributed by atoms with Gasteiger partial charge in [-0.05, 0) is 93.0 Å². The fourth-order valence-electron chi connectivity index (χ4n) is 8.86. The highest BCUT2D eigenvalue weighted by atomic mass is 16.7. The number of nitrogens with one attached hydrogen (secondary N) is 3. The zero-order valence-electron chi connectivity index (χ0n) is 33.9. The maximum atomic E-state index is 13.8. The lowest BCUT2D eigenvalue weighted by Gasteiger charge is -2.50. The van der Waals surface area contributed by atoms with Crippen LogP contribution in [-0.2, 0) is 37.0 Å². The molecule has 57 heavy (non-hydrogen) atoms. The number of hydrogen-bond acceptors (Lipinski definition) is 8. The van der Waals surface area contributed by atoms with Gasteiger partial charge in [0.25, 0.3) is 0 Å². The maximum Gasteiger partial charge on any atom is 0.243 e. The second kappa shape index (κ2) is 20.0. The van der Waals surface area contributed by atoms with Crippen LogP contribution in [0.5, 0.6) is 0 Å². The highest BCUT2D eigenvalue weighted by Crippen LogP contribution is 2.42. The molecular formula is C46H62N4O7. The number of fused-ring (bicyclic) bond motifs is 1. The molecule has 308 valence electrons. The minimum atomic E-state index is -0.623. The lowest BCUT2D eigenvalue weighted by molar-refractivity contribution is -0.255. The minimum Gasteiger partial charge on any atom is -0.392 e. The minimum absolute atomic E-state index is 0.0212. The highest BCUT2D eigenvalue weighted by molar-refractivity contribution is 5.82. The predicted molar refractivity (Wildman–Crippen MR) is 219 cm³/mol. The first-order valence-electron chi connectivity index (χ1n) is 21.0. The third-order valence-electron chi connectivity index (χ3n) is 11.8. The number of hydrogen-bond donors (Lipinski definition) is 5. The summed E-state index contributed by atoms with van der Waals surface area (Å²) in [4.78, 5) is 40.2. The molecule has 3 aliphatic rings. The number of likely N-dealkylation sites (tertiary alicyclic amines) is 1. The van der Waals surface area contributed by atoms with E-state index in [1.165, 1.54) is 19.3 Å². The van der Waals surface area contributed by atoms with Crippen molar-refractivity contribution in [3.05, 3.63) is 95.1 Å². The van der Waals surface area contributed by atoms with Crippen LogP contribution >= 0.6 is 0 Å². The summed E-state index contributed by atoms with van der Waals surface area (Å²) in [6, 6.07) is 24.4. The van der Waals surface area contributed by atoms with E-state index in [0.717, 1.165) is 59.1 Å². The number of amides is 3. The molecule has 3 fully saturated rings. The van der Waals surface area contributed by atoms with Crippen molar-refractivity contribution in [2.24, 2.45) is 5.92 Å². The summed E-state index contributed by atoms with van der Waals surface area (Å²) in [6.45, 7) is 7.14. The Morgan fingerprint density at radius 3 is 2.23 bits per heavy atom. The first-order chi connectivity index (χ1) is 27.5. The first-order valence-corrected chi connectivity index (χ1v) is 21.0. The molecule has 3 aromatic rings. The van der Waals surface area contributed by atoms with Crippen molar-refractivity contribution in [1.82, 2.24) is 21.0 Å². The van der Waals surface area contributed by atoms with Crippen LogP contribution in [0.3, 0.4) is 0 Å². The fourth-order valence-corrected chi connectivity index (χ4v) is 8.86. The van der Waals surface area contributed by atoms with Gasteiger partial charge in [-0.25, -0.2) is 5.48 Å². The Labute approximate surface area is 337 Å². The second-order valence-electron chi connectivity index (χ2n) is 17.1. The molecule has 3 amide bonds. The summed E-state index contributed by atoms with van der Waals surface area (Å²) in [5, 5.41) is 24.7. The number of carbonyl (C=O) groups excluding carboxylic acids is 3. The molecule has 0 aromatic heterocycles. The molecule has 5 N–H and O–H groups in total. The molecule has 2 heterocycles. The van der Waals surface area contributed by atoms with Crippen molar-refractivity contribution in [2.45, 2.75) is 147 Å². The predicted octanol–water partition coefficient (Wildman–Crippen LogP) is 7.40. The number of benzene rings is 3. The van der Waals surface area contributed by atoms with E-state index in [9.17, 15) is 19.5 Å². The van der Waals surface area contributed by atoms with Crippen LogP contribution < -0.4 is 16.1 Å². The molecule has 0 radical (unpaired) electrons. The second-order valence-corrected chi connectivity index (χ2v) is 17.1. The number of unbranched alkanes of at least 4 members (excludes halogenated alkanes) is 2. The van der Waals surface area contributed by atoms with E-state index in [0.29, 0.717) is 50.7 Å². The van der Waals surface area contributed by atoms with Gasteiger partial charge in [-0.3, -0.25) is 24.5 Å². The monoisotopic (exact) mass is 782 g/mol. The van der Waals surface area contributed by atoms with Gasteiger partial charge in [0.05, 0.1) is 24.9 Å². The number of ether oxygens (including phenoxy) is 2. The van der Waals surface area contributed by atoms with Crippen LogP contribution in [0.15, 0.2) is 72.8 Å². The molecule has 11 nitrogen and oxygen atoms in total. The quantitative estimate of drug-likeness (QED) is 0.0609. The Hall–Kier alpha value is -4.13. The molecule has 1 aliphatic carbocycles. The molecule has 1 saturated carbocycles. The number of nitrogens with zero attached hydrogens (tertiary/aromatic N) is 1. The fraction of sp³-hybridized carbons (Fsp3) is 0.543. The van der Waals surface area contributed by atoms with E-state index < -0.39 is 12.2 Å². The highest BCUT2D eigenvalue weighted by Gasteiger charge is 2.44. The third kappa shape index (κ3) is 11.7. The molecule has 2 saturated heterocycles. The molecular weight excluding hydrogens is 721 g/mol. The Morgan fingerprint density at radius 1 is 0.807 bits per heavy atom. The average Bonchev–Trinajstić information content (AvgIpc) is 3.22. The van der Waals surface area contributed by atoms with E-state index in [1.54, 1.807) is 5.48 Å². The van der Waals surface area contributed by atoms with Gasteiger partial charge in [0.2, 0.25) is 17.7 Å². The average molecular weight is 783 g/mol. The van der Waals surface area contributed by atoms with Crippen molar-refractivity contribution < 1.29 is 34.2 Å². The maximum absolute atomic E-state index is 13.8. The molecule has 6 atom stereocenters. The lowest BCUT2D eigenvalue weighted by Crippen LogP contribution is -2.61. The van der Waals surface area contributed by atoms with E-state index in [-0.39, 0.29) is 48.6 Å². The van der Waals surface area contributed by atoms with Crippen molar-refractivity contribution >= 4 is 17.7 Å². The van der Waals surface area contributed by atoms with Crippen LogP contribution in [-0.4, -0.2) is 63.2 Å². The Bertz CT molecular complexity index is 1780. The summed E-state index contributed by atoms with van der Waals surface area (Å²) in [5.41, 5.74) is 7.14. The van der Waals surface area contributed by atoms with Gasteiger partial charge in [0.15, 0.2) is 6.29 Å². The van der Waals surface area contributed by atoms with Gasteiger partial charge in [-0.2, -0.15) is 0 Å². The molecule has 0 spiro atoms. The normalized spacial score (nSPS) is 23.9. The number of rotatable bonds is 15. The molecule has 11 heteroatoms. The number of aliphatic hydroxyl groups is 1. The summed E-state index contributed by atoms with van der Waals surface area (Å²) < 4.78 is 13.6. The number of aliphatic hydroxyl groups excluding tert-OH is 1. The smallest absolute Gasteiger partial charge is 0.243 e. The van der Waals surface area contributed by atoms with Crippen LogP contribution in [0.1, 0.15) is 132 Å². The van der Waals surface area contributed by atoms with Gasteiger partial charge < -0.3 is 25.2 Å². The van der Waals surface area contributed by atoms with Crippen molar-refractivity contribution in [1.29, 1.82) is 0 Å². The summed E-state index contributed by atoms with van der Waals surface area (Å²) in [7, 11) is 0. The molecule has 6 rings (SSSR count). The first kappa shape index (κ1) is 42.5. The van der Waals surface area contributed by atoms with Crippen LogP contribution in [0.25, 0.3) is 11.1 Å². The molecule has 2 aliphatic heterocycles. The van der Waals surface area contributed by atoms with Crippen molar-refractivity contribution in [3.8, 4) is 11.1 Å². The SMILES string of the molecule is CC(C)(C)NC(=O)C1CCC2CCCCC2N1CC1CC(c2ccc(CO)cc2)OC(c2ccc(-c3ccccc3CNC(=O)CCCCCC(=O)NO)cc2)O1. The van der Waals surface area contributed by atoms with Crippen molar-refractivity contribution in [3.63, 3.8) is 0 Å². The third-order valence-corrected chi connectivity index (χ3v) is 11.8. The van der Waals surface area contributed by atoms with Crippen LogP contribution in [0.2, 0.25) is 0 Å². The summed E-state index contributed by atoms with van der Waals surface area (Å²) in [5.74, 6) is 0.239. The summed E-state index contributed by atoms with van der Waals surface area (Å²) >= 11 is 0. The van der Waals surface area contributed by atoms with Crippen LogP contribution in [0.4, 0.5) is 0 Å². The van der Waals surface area contributed by atoms with E-state index in [4.69, 9.17) is 14.7 Å². The summed E-state index contributed by atoms with van der Waals surface area (Å²) in [6.07, 6.45) is 8.90. The molecule has 3 aromatic carbocycles. The topological polar surface area (TPSA) is 149 Å². The number of carbonyl (C=O) groups is 3.